The van der Waals surface area contributed by atoms with Crippen LogP contribution in [0.5, 0.6) is 0 Å². The van der Waals surface area contributed by atoms with Gasteiger partial charge in [-0.25, -0.2) is 4.79 Å². The normalized spacial score (nSPS) is 25.7. The molecule has 3 atom stereocenters. The molecular weight excluding hydrogens is 340 g/mol. The summed E-state index contributed by atoms with van der Waals surface area (Å²) in [4.78, 5) is 18.7. The van der Waals surface area contributed by atoms with E-state index in [1.165, 1.54) is 29.3 Å². The fourth-order valence-electron chi connectivity index (χ4n) is 5.04. The highest BCUT2D eigenvalue weighted by molar-refractivity contribution is 5.89. The minimum absolute atomic E-state index is 0.140. The second-order valence-corrected chi connectivity index (χ2v) is 7.63. The molecule has 0 saturated carbocycles. The summed E-state index contributed by atoms with van der Waals surface area (Å²) >= 11 is 0. The zero-order chi connectivity index (χ0) is 19.0. The lowest BCUT2D eigenvalue weighted by Crippen LogP contribution is -2.47. The molecule has 0 spiro atoms. The topological polar surface area (TPSA) is 54.6 Å². The molecular formula is C22H28N2O3. The monoisotopic (exact) mass is 368 g/mol. The van der Waals surface area contributed by atoms with Crippen molar-refractivity contribution in [3.63, 3.8) is 0 Å². The van der Waals surface area contributed by atoms with E-state index in [0.29, 0.717) is 17.5 Å². The first-order valence-corrected chi connectivity index (χ1v) is 9.82. The van der Waals surface area contributed by atoms with Gasteiger partial charge in [-0.1, -0.05) is 31.5 Å². The van der Waals surface area contributed by atoms with Crippen LogP contribution in [0.3, 0.4) is 0 Å². The first kappa shape index (κ1) is 18.1. The Morgan fingerprint density at radius 3 is 2.89 bits per heavy atom. The first-order valence-electron chi connectivity index (χ1n) is 9.82. The van der Waals surface area contributed by atoms with E-state index in [9.17, 15) is 4.79 Å². The quantitative estimate of drug-likeness (QED) is 0.506. The number of para-hydroxylation sites is 1. The molecule has 3 heterocycles. The first-order chi connectivity index (χ1) is 13.2. The molecule has 0 bridgehead atoms. The third kappa shape index (κ3) is 3.04. The number of hydrogen-bond donors (Lipinski definition) is 1. The Labute approximate surface area is 160 Å². The molecule has 1 aromatic carbocycles. The Morgan fingerprint density at radius 2 is 2.15 bits per heavy atom. The van der Waals surface area contributed by atoms with Crippen LogP contribution >= 0.6 is 0 Å². The number of aromatic amines is 1. The van der Waals surface area contributed by atoms with Crippen LogP contribution in [0.4, 0.5) is 0 Å². The zero-order valence-electron chi connectivity index (χ0n) is 16.3. The average molecular weight is 368 g/mol. The fourth-order valence-corrected chi connectivity index (χ4v) is 5.04. The van der Waals surface area contributed by atoms with Gasteiger partial charge < -0.3 is 14.5 Å². The van der Waals surface area contributed by atoms with Crippen LogP contribution in [-0.4, -0.2) is 43.2 Å². The van der Waals surface area contributed by atoms with E-state index < -0.39 is 0 Å². The molecule has 1 fully saturated rings. The molecule has 0 amide bonds. The van der Waals surface area contributed by atoms with Crippen LogP contribution in [0.1, 0.15) is 37.1 Å². The van der Waals surface area contributed by atoms with Crippen LogP contribution in [0.25, 0.3) is 10.9 Å². The number of carbonyl (C=O) groups is 1. The van der Waals surface area contributed by atoms with Gasteiger partial charge in [0.2, 0.25) is 0 Å². The largest absolute Gasteiger partial charge is 0.504 e. The van der Waals surface area contributed by atoms with Crippen LogP contribution in [0.15, 0.2) is 36.1 Å². The van der Waals surface area contributed by atoms with E-state index in [1.54, 1.807) is 13.4 Å². The number of H-pyrrole nitrogens is 1. The fraction of sp³-hybridized carbons (Fsp3) is 0.500. The van der Waals surface area contributed by atoms with Gasteiger partial charge in [-0.2, -0.15) is 0 Å². The van der Waals surface area contributed by atoms with Gasteiger partial charge in [0, 0.05) is 29.7 Å². The molecule has 5 heteroatoms. The minimum atomic E-state index is -0.276. The van der Waals surface area contributed by atoms with E-state index in [-0.39, 0.29) is 11.9 Å². The Balaban J connectivity index is 1.73. The summed E-state index contributed by atoms with van der Waals surface area (Å²) in [6.45, 7) is 4.28. The summed E-state index contributed by atoms with van der Waals surface area (Å²) in [5, 5.41) is 1.34. The van der Waals surface area contributed by atoms with Crippen molar-refractivity contribution in [1.29, 1.82) is 0 Å². The molecule has 144 valence electrons. The van der Waals surface area contributed by atoms with Crippen LogP contribution in [0, 0.1) is 11.8 Å². The van der Waals surface area contributed by atoms with E-state index in [0.717, 1.165) is 32.4 Å². The number of nitrogens with one attached hydrogen (secondary N) is 1. The summed E-state index contributed by atoms with van der Waals surface area (Å²) in [5.74, 6) is 0.287. The highest BCUT2D eigenvalue weighted by Gasteiger charge is 2.42. The summed E-state index contributed by atoms with van der Waals surface area (Å²) in [5.41, 5.74) is 4.63. The summed E-state index contributed by atoms with van der Waals surface area (Å²) in [6.07, 6.45) is 4.60. The number of rotatable bonds is 4. The lowest BCUT2D eigenvalue weighted by atomic mass is 9.74. The highest BCUT2D eigenvalue weighted by atomic mass is 16.5. The summed E-state index contributed by atoms with van der Waals surface area (Å²) in [7, 11) is 3.04. The maximum Gasteiger partial charge on any atom is 0.337 e. The number of methoxy groups -OCH3 is 2. The Hall–Kier alpha value is -2.27. The standard InChI is InChI=1S/C22H28N2O3/c1-4-14-12-24-10-9-16-15-7-5-6-8-19(15)23-21(16)20(24)11-17(14)18(13-26-2)22(25)27-3/h5-8,13-14,17,20,23H,4,9-12H2,1-3H3/b18-13+/t14-,17-,20-/m1/s1. The number of ether oxygens (including phenoxy) is 2. The number of carbonyl (C=O) groups excluding carboxylic acids is 1. The zero-order valence-corrected chi connectivity index (χ0v) is 16.3. The van der Waals surface area contributed by atoms with Gasteiger partial charge in [-0.3, -0.25) is 4.90 Å². The predicted molar refractivity (Wildman–Crippen MR) is 105 cm³/mol. The van der Waals surface area contributed by atoms with Crippen molar-refractivity contribution in [3.05, 3.63) is 47.4 Å². The second-order valence-electron chi connectivity index (χ2n) is 7.63. The summed E-state index contributed by atoms with van der Waals surface area (Å²) in [6, 6.07) is 8.85. The average Bonchev–Trinajstić information content (AvgIpc) is 3.09. The Bertz CT molecular complexity index is 870. The molecule has 4 rings (SSSR count). The van der Waals surface area contributed by atoms with Gasteiger partial charge in [0.15, 0.2) is 0 Å². The molecule has 1 saturated heterocycles. The molecule has 2 aromatic rings. The maximum absolute atomic E-state index is 12.4. The van der Waals surface area contributed by atoms with Crippen molar-refractivity contribution in [1.82, 2.24) is 9.88 Å². The number of benzene rings is 1. The van der Waals surface area contributed by atoms with Gasteiger partial charge in [-0.05, 0) is 36.3 Å². The van der Waals surface area contributed by atoms with Crippen molar-refractivity contribution in [2.75, 3.05) is 27.3 Å². The van der Waals surface area contributed by atoms with Gasteiger partial charge in [0.05, 0.1) is 32.1 Å². The SMILES string of the molecule is CC[C@@H]1CN2CCc3c([nH]c4ccccc34)[C@H]2C[C@H]1/C(=C\OC)C(=O)OC. The lowest BCUT2D eigenvalue weighted by Gasteiger charge is -2.46. The summed E-state index contributed by atoms with van der Waals surface area (Å²) < 4.78 is 10.3. The Morgan fingerprint density at radius 1 is 1.33 bits per heavy atom. The molecule has 27 heavy (non-hydrogen) atoms. The lowest BCUT2D eigenvalue weighted by molar-refractivity contribution is -0.137. The number of aromatic nitrogens is 1. The van der Waals surface area contributed by atoms with Crippen LogP contribution in [0.2, 0.25) is 0 Å². The van der Waals surface area contributed by atoms with Crippen LogP contribution in [-0.2, 0) is 20.7 Å². The third-order valence-corrected chi connectivity index (χ3v) is 6.37. The molecule has 0 radical (unpaired) electrons. The third-order valence-electron chi connectivity index (χ3n) is 6.37. The van der Waals surface area contributed by atoms with Gasteiger partial charge in [0.1, 0.15) is 0 Å². The van der Waals surface area contributed by atoms with Gasteiger partial charge >= 0.3 is 5.97 Å². The van der Waals surface area contributed by atoms with E-state index in [1.807, 2.05) is 0 Å². The highest BCUT2D eigenvalue weighted by Crippen LogP contribution is 2.45. The van der Waals surface area contributed by atoms with Crippen molar-refractivity contribution in [3.8, 4) is 0 Å². The Kier molecular flexibility index (Phi) is 4.96. The second kappa shape index (κ2) is 7.39. The maximum atomic E-state index is 12.4. The smallest absolute Gasteiger partial charge is 0.337 e. The van der Waals surface area contributed by atoms with Crippen molar-refractivity contribution in [2.24, 2.45) is 11.8 Å². The van der Waals surface area contributed by atoms with E-state index >= 15 is 0 Å². The van der Waals surface area contributed by atoms with Crippen molar-refractivity contribution in [2.45, 2.75) is 32.2 Å². The van der Waals surface area contributed by atoms with Crippen molar-refractivity contribution < 1.29 is 14.3 Å². The van der Waals surface area contributed by atoms with E-state index in [2.05, 4.69) is 41.1 Å². The predicted octanol–water partition coefficient (Wildman–Crippen LogP) is 3.82. The molecule has 2 aliphatic heterocycles. The molecule has 2 aliphatic rings. The molecule has 5 nitrogen and oxygen atoms in total. The molecule has 1 aromatic heterocycles. The van der Waals surface area contributed by atoms with E-state index in [4.69, 9.17) is 9.47 Å². The minimum Gasteiger partial charge on any atom is -0.504 e. The molecule has 0 unspecified atom stereocenters. The number of esters is 1. The molecule has 1 N–H and O–H groups in total. The number of fused-ring (bicyclic) bond motifs is 5. The van der Waals surface area contributed by atoms with Crippen molar-refractivity contribution >= 4 is 16.9 Å². The van der Waals surface area contributed by atoms with Gasteiger partial charge in [-0.15, -0.1) is 0 Å². The number of hydrogen-bond acceptors (Lipinski definition) is 4. The molecule has 0 aliphatic carbocycles. The number of nitrogens with zero attached hydrogens (tertiary/aromatic N) is 1. The van der Waals surface area contributed by atoms with Gasteiger partial charge in [0.25, 0.3) is 0 Å². The van der Waals surface area contributed by atoms with Crippen LogP contribution < -0.4 is 0 Å². The number of piperidine rings is 1.